The Labute approximate surface area is 124 Å². The van der Waals surface area contributed by atoms with E-state index in [0.29, 0.717) is 32.8 Å². The van der Waals surface area contributed by atoms with Gasteiger partial charge in [0.1, 0.15) is 6.54 Å². The molecule has 0 saturated carbocycles. The number of amides is 1. The van der Waals surface area contributed by atoms with E-state index in [9.17, 15) is 4.79 Å². The molecular formula is C14H21N5O2. The number of aromatic nitrogens is 1. The van der Waals surface area contributed by atoms with Gasteiger partial charge in [0, 0.05) is 37.9 Å². The third-order valence-corrected chi connectivity index (χ3v) is 3.16. The summed E-state index contributed by atoms with van der Waals surface area (Å²) in [7, 11) is 0. The molecule has 7 heteroatoms. The molecule has 1 saturated heterocycles. The van der Waals surface area contributed by atoms with Gasteiger partial charge in [0.05, 0.1) is 13.2 Å². The van der Waals surface area contributed by atoms with E-state index < -0.39 is 0 Å². The number of pyridine rings is 1. The molecule has 114 valence electrons. The van der Waals surface area contributed by atoms with Crippen LogP contribution in [0.5, 0.6) is 0 Å². The van der Waals surface area contributed by atoms with Crippen LogP contribution in [0.1, 0.15) is 5.69 Å². The predicted octanol–water partition coefficient (Wildman–Crippen LogP) is -0.613. The summed E-state index contributed by atoms with van der Waals surface area (Å²) in [5, 5.41) is 2.98. The summed E-state index contributed by atoms with van der Waals surface area (Å²) in [5.74, 6) is 0.264. The van der Waals surface area contributed by atoms with E-state index in [0.717, 1.165) is 12.1 Å². The number of aliphatic imine (C=N–C) groups is 1. The van der Waals surface area contributed by atoms with Crippen LogP contribution >= 0.6 is 0 Å². The molecule has 0 aliphatic carbocycles. The predicted molar refractivity (Wildman–Crippen MR) is 79.8 cm³/mol. The molecule has 7 nitrogen and oxygen atoms in total. The number of carbonyl (C=O) groups excluding carboxylic acids is 1. The first-order valence-corrected chi connectivity index (χ1v) is 7.05. The fraction of sp³-hybridized carbons (Fsp3) is 0.500. The molecular weight excluding hydrogens is 270 g/mol. The zero-order valence-electron chi connectivity index (χ0n) is 12.0. The lowest BCUT2D eigenvalue weighted by molar-refractivity contribution is -0.133. The number of guanidine groups is 1. The second-order valence-electron chi connectivity index (χ2n) is 4.69. The van der Waals surface area contributed by atoms with Crippen molar-refractivity contribution in [2.24, 2.45) is 10.7 Å². The lowest BCUT2D eigenvalue weighted by Crippen LogP contribution is -2.42. The lowest BCUT2D eigenvalue weighted by Gasteiger charge is -2.26. The van der Waals surface area contributed by atoms with Crippen LogP contribution in [0.25, 0.3) is 0 Å². The Morgan fingerprint density at radius 3 is 2.95 bits per heavy atom. The van der Waals surface area contributed by atoms with E-state index in [-0.39, 0.29) is 18.4 Å². The van der Waals surface area contributed by atoms with Crippen molar-refractivity contribution in [3.8, 4) is 0 Å². The molecule has 3 N–H and O–H groups in total. The van der Waals surface area contributed by atoms with Crippen molar-refractivity contribution in [3.05, 3.63) is 30.1 Å². The summed E-state index contributed by atoms with van der Waals surface area (Å²) in [6.07, 6.45) is 2.52. The number of ether oxygens (including phenoxy) is 1. The number of hydrogen-bond donors (Lipinski definition) is 2. The molecule has 0 atom stereocenters. The summed E-state index contributed by atoms with van der Waals surface area (Å²) in [6.45, 7) is 3.14. The molecule has 0 aromatic carbocycles. The third kappa shape index (κ3) is 5.39. The SMILES string of the molecule is NC(=NCC(=O)N1CCOCC1)NCCc1ccccn1. The Morgan fingerprint density at radius 1 is 1.43 bits per heavy atom. The summed E-state index contributed by atoms with van der Waals surface area (Å²) < 4.78 is 5.20. The molecule has 1 aliphatic heterocycles. The van der Waals surface area contributed by atoms with E-state index in [1.54, 1.807) is 11.1 Å². The maximum Gasteiger partial charge on any atom is 0.244 e. The van der Waals surface area contributed by atoms with Crippen molar-refractivity contribution in [2.75, 3.05) is 39.4 Å². The maximum absolute atomic E-state index is 11.9. The van der Waals surface area contributed by atoms with Gasteiger partial charge in [-0.05, 0) is 12.1 Å². The summed E-state index contributed by atoms with van der Waals surface area (Å²) >= 11 is 0. The van der Waals surface area contributed by atoms with Gasteiger partial charge in [-0.15, -0.1) is 0 Å². The first kappa shape index (κ1) is 15.2. The van der Waals surface area contributed by atoms with Gasteiger partial charge in [0.25, 0.3) is 0 Å². The Hall–Kier alpha value is -2.15. The highest BCUT2D eigenvalue weighted by atomic mass is 16.5. The smallest absolute Gasteiger partial charge is 0.244 e. The van der Waals surface area contributed by atoms with Gasteiger partial charge >= 0.3 is 0 Å². The van der Waals surface area contributed by atoms with E-state index in [1.807, 2.05) is 18.2 Å². The lowest BCUT2D eigenvalue weighted by atomic mass is 10.3. The minimum Gasteiger partial charge on any atom is -0.378 e. The van der Waals surface area contributed by atoms with Crippen LogP contribution in [-0.2, 0) is 16.0 Å². The van der Waals surface area contributed by atoms with Crippen molar-refractivity contribution in [1.82, 2.24) is 15.2 Å². The quantitative estimate of drug-likeness (QED) is 0.557. The summed E-state index contributed by atoms with van der Waals surface area (Å²) in [6, 6.07) is 5.78. The van der Waals surface area contributed by atoms with Crippen LogP contribution in [0.3, 0.4) is 0 Å². The van der Waals surface area contributed by atoms with Gasteiger partial charge in [-0.1, -0.05) is 6.07 Å². The molecule has 21 heavy (non-hydrogen) atoms. The van der Waals surface area contributed by atoms with Crippen molar-refractivity contribution >= 4 is 11.9 Å². The molecule has 1 amide bonds. The fourth-order valence-corrected chi connectivity index (χ4v) is 1.99. The first-order valence-electron chi connectivity index (χ1n) is 7.05. The molecule has 2 rings (SSSR count). The monoisotopic (exact) mass is 291 g/mol. The Morgan fingerprint density at radius 2 is 2.24 bits per heavy atom. The van der Waals surface area contributed by atoms with Crippen molar-refractivity contribution in [3.63, 3.8) is 0 Å². The highest BCUT2D eigenvalue weighted by Crippen LogP contribution is 1.97. The van der Waals surface area contributed by atoms with Crippen LogP contribution in [0.4, 0.5) is 0 Å². The summed E-state index contributed by atoms with van der Waals surface area (Å²) in [4.78, 5) is 21.9. The molecule has 0 spiro atoms. The average Bonchev–Trinajstić information content (AvgIpc) is 2.54. The van der Waals surface area contributed by atoms with Crippen LogP contribution in [0.2, 0.25) is 0 Å². The van der Waals surface area contributed by atoms with Gasteiger partial charge < -0.3 is 20.7 Å². The summed E-state index contributed by atoms with van der Waals surface area (Å²) in [5.41, 5.74) is 6.73. The van der Waals surface area contributed by atoms with E-state index in [1.165, 1.54) is 0 Å². The van der Waals surface area contributed by atoms with Crippen LogP contribution in [-0.4, -0.2) is 61.1 Å². The van der Waals surface area contributed by atoms with E-state index >= 15 is 0 Å². The highest BCUT2D eigenvalue weighted by Gasteiger charge is 2.15. The zero-order valence-corrected chi connectivity index (χ0v) is 12.0. The van der Waals surface area contributed by atoms with Crippen molar-refractivity contribution in [2.45, 2.75) is 6.42 Å². The fourth-order valence-electron chi connectivity index (χ4n) is 1.99. The number of nitrogens with one attached hydrogen (secondary N) is 1. The molecule has 1 fully saturated rings. The minimum atomic E-state index is -0.0206. The third-order valence-electron chi connectivity index (χ3n) is 3.16. The second kappa shape index (κ2) is 8.21. The molecule has 0 unspecified atom stereocenters. The van der Waals surface area contributed by atoms with Crippen LogP contribution < -0.4 is 11.1 Å². The van der Waals surface area contributed by atoms with Crippen LogP contribution in [0.15, 0.2) is 29.4 Å². The molecule has 1 aromatic rings. The Bertz CT molecular complexity index is 472. The normalized spacial score (nSPS) is 15.8. The number of nitrogens with zero attached hydrogens (tertiary/aromatic N) is 3. The largest absolute Gasteiger partial charge is 0.378 e. The topological polar surface area (TPSA) is 92.8 Å². The van der Waals surface area contributed by atoms with Gasteiger partial charge in [-0.25, -0.2) is 4.99 Å². The van der Waals surface area contributed by atoms with E-state index in [2.05, 4.69) is 15.3 Å². The van der Waals surface area contributed by atoms with Gasteiger partial charge in [-0.3, -0.25) is 9.78 Å². The number of hydrogen-bond acceptors (Lipinski definition) is 4. The molecule has 0 radical (unpaired) electrons. The molecule has 0 bridgehead atoms. The molecule has 1 aliphatic rings. The molecule has 2 heterocycles. The number of nitrogens with two attached hydrogens (primary N) is 1. The number of rotatable bonds is 5. The number of carbonyl (C=O) groups is 1. The second-order valence-corrected chi connectivity index (χ2v) is 4.69. The standard InChI is InChI=1S/C14H21N5O2/c15-14(17-6-4-12-3-1-2-5-16-12)18-11-13(20)19-7-9-21-10-8-19/h1-3,5H,4,6-11H2,(H3,15,17,18). The molecule has 1 aromatic heterocycles. The van der Waals surface area contributed by atoms with Crippen molar-refractivity contribution in [1.29, 1.82) is 0 Å². The average molecular weight is 291 g/mol. The minimum absolute atomic E-state index is 0.0206. The van der Waals surface area contributed by atoms with Crippen molar-refractivity contribution < 1.29 is 9.53 Å². The Kier molecular flexibility index (Phi) is 5.96. The Balaban J connectivity index is 1.67. The first-order chi connectivity index (χ1) is 10.3. The van der Waals surface area contributed by atoms with E-state index in [4.69, 9.17) is 10.5 Å². The van der Waals surface area contributed by atoms with Crippen LogP contribution in [0, 0.1) is 0 Å². The number of morpholine rings is 1. The van der Waals surface area contributed by atoms with Gasteiger partial charge in [-0.2, -0.15) is 0 Å². The van der Waals surface area contributed by atoms with Gasteiger partial charge in [0.15, 0.2) is 5.96 Å². The zero-order chi connectivity index (χ0) is 14.9. The van der Waals surface area contributed by atoms with Gasteiger partial charge in [0.2, 0.25) is 5.91 Å². The highest BCUT2D eigenvalue weighted by molar-refractivity contribution is 5.84. The maximum atomic E-state index is 11.9.